The van der Waals surface area contributed by atoms with E-state index in [1.54, 1.807) is 13.0 Å². The number of hydrogen-bond acceptors (Lipinski definition) is 5. The summed E-state index contributed by atoms with van der Waals surface area (Å²) in [6.45, 7) is 1.74. The Balaban J connectivity index is 0.00000259. The number of carbonyl (C=O) groups is 1. The van der Waals surface area contributed by atoms with Crippen molar-refractivity contribution in [3.8, 4) is 0 Å². The van der Waals surface area contributed by atoms with Gasteiger partial charge in [-0.15, -0.1) is 12.4 Å². The Bertz CT molecular complexity index is 1230. The summed E-state index contributed by atoms with van der Waals surface area (Å²) >= 11 is 6.51. The van der Waals surface area contributed by atoms with E-state index in [9.17, 15) is 9.59 Å². The van der Waals surface area contributed by atoms with Crippen molar-refractivity contribution in [2.75, 3.05) is 0 Å². The molecule has 2 saturated carbocycles. The maximum atomic E-state index is 13.5. The van der Waals surface area contributed by atoms with Crippen molar-refractivity contribution in [3.05, 3.63) is 39.3 Å². The van der Waals surface area contributed by atoms with Crippen molar-refractivity contribution in [2.45, 2.75) is 76.4 Å². The van der Waals surface area contributed by atoms with E-state index in [1.165, 1.54) is 6.42 Å². The molecular weight excluding hydrogens is 463 g/mol. The van der Waals surface area contributed by atoms with Gasteiger partial charge in [-0.25, -0.2) is 0 Å². The number of halogens is 2. The van der Waals surface area contributed by atoms with Crippen LogP contribution in [0.5, 0.6) is 0 Å². The third-order valence-corrected chi connectivity index (χ3v) is 7.68. The summed E-state index contributed by atoms with van der Waals surface area (Å²) in [5.74, 6) is 0.698. The van der Waals surface area contributed by atoms with E-state index in [4.69, 9.17) is 21.9 Å². The summed E-state index contributed by atoms with van der Waals surface area (Å²) in [4.78, 5) is 26.3. The van der Waals surface area contributed by atoms with Crippen molar-refractivity contribution in [2.24, 2.45) is 11.7 Å². The number of nitrogens with one attached hydrogen (secondary N) is 1. The molecule has 3 aromatic rings. The van der Waals surface area contributed by atoms with Gasteiger partial charge in [-0.1, -0.05) is 42.1 Å². The standard InChI is InChI=1S/C24H29ClN4O3.ClH/c1-13-19-22(28-32-13)20-17(25)8-5-9-18(20)29(24(19)31)16-11-10-15(12-16)27-23(30)21(26)14-6-3-2-4-7-14;/h5,8-9,14-16,21H,2-4,6-7,10-12,26H2,1H3,(H,27,30);1H. The van der Waals surface area contributed by atoms with E-state index in [1.807, 2.05) is 16.7 Å². The number of hydrogen-bond donors (Lipinski definition) is 2. The van der Waals surface area contributed by atoms with Crippen molar-refractivity contribution in [1.82, 2.24) is 15.0 Å². The number of pyridine rings is 1. The van der Waals surface area contributed by atoms with Crippen LogP contribution in [0.3, 0.4) is 0 Å². The molecule has 3 unspecified atom stereocenters. The fraction of sp³-hybridized carbons (Fsp3) is 0.542. The molecule has 1 aromatic carbocycles. The normalized spacial score (nSPS) is 22.4. The van der Waals surface area contributed by atoms with Gasteiger partial charge < -0.3 is 20.1 Å². The van der Waals surface area contributed by atoms with Crippen LogP contribution in [0.4, 0.5) is 0 Å². The second-order valence-corrected chi connectivity index (χ2v) is 9.77. The predicted octanol–water partition coefficient (Wildman–Crippen LogP) is 4.64. The average Bonchev–Trinajstić information content (AvgIpc) is 3.41. The van der Waals surface area contributed by atoms with E-state index in [2.05, 4.69) is 10.5 Å². The first kappa shape index (κ1) is 24.0. The molecule has 7 nitrogen and oxygen atoms in total. The zero-order chi connectivity index (χ0) is 22.4. The molecule has 2 heterocycles. The summed E-state index contributed by atoms with van der Waals surface area (Å²) < 4.78 is 7.16. The lowest BCUT2D eigenvalue weighted by Gasteiger charge is -2.27. The molecule has 0 saturated heterocycles. The first-order chi connectivity index (χ1) is 15.5. The molecule has 0 bridgehead atoms. The molecule has 5 rings (SSSR count). The van der Waals surface area contributed by atoms with Crippen molar-refractivity contribution < 1.29 is 9.32 Å². The van der Waals surface area contributed by atoms with E-state index < -0.39 is 6.04 Å². The fourth-order valence-electron chi connectivity index (χ4n) is 5.66. The average molecular weight is 493 g/mol. The molecule has 2 aliphatic rings. The molecule has 9 heteroatoms. The first-order valence-electron chi connectivity index (χ1n) is 11.6. The Morgan fingerprint density at radius 1 is 1.21 bits per heavy atom. The van der Waals surface area contributed by atoms with Crippen molar-refractivity contribution in [1.29, 1.82) is 0 Å². The Labute approximate surface area is 203 Å². The van der Waals surface area contributed by atoms with Gasteiger partial charge in [0.1, 0.15) is 16.7 Å². The summed E-state index contributed by atoms with van der Waals surface area (Å²) in [6.07, 6.45) is 7.88. The highest BCUT2D eigenvalue weighted by Gasteiger charge is 2.33. The van der Waals surface area contributed by atoms with Gasteiger partial charge in [-0.2, -0.15) is 0 Å². The molecule has 0 aliphatic heterocycles. The lowest BCUT2D eigenvalue weighted by Crippen LogP contribution is -2.48. The fourth-order valence-corrected chi connectivity index (χ4v) is 5.92. The zero-order valence-electron chi connectivity index (χ0n) is 18.7. The van der Waals surface area contributed by atoms with Gasteiger partial charge in [0.25, 0.3) is 5.56 Å². The van der Waals surface area contributed by atoms with E-state index in [0.717, 1.165) is 49.4 Å². The number of carbonyl (C=O) groups excluding carboxylic acids is 1. The number of rotatable bonds is 4. The zero-order valence-corrected chi connectivity index (χ0v) is 20.3. The Morgan fingerprint density at radius 2 is 1.97 bits per heavy atom. The molecule has 0 radical (unpaired) electrons. The molecule has 178 valence electrons. The first-order valence-corrected chi connectivity index (χ1v) is 12.0. The molecule has 2 aliphatic carbocycles. The van der Waals surface area contributed by atoms with Gasteiger partial charge in [0.2, 0.25) is 5.91 Å². The monoisotopic (exact) mass is 492 g/mol. The van der Waals surface area contributed by atoms with Gasteiger partial charge >= 0.3 is 0 Å². The molecule has 1 amide bonds. The summed E-state index contributed by atoms with van der Waals surface area (Å²) in [7, 11) is 0. The highest BCUT2D eigenvalue weighted by atomic mass is 35.5. The van der Waals surface area contributed by atoms with Gasteiger partial charge in [0.15, 0.2) is 0 Å². The van der Waals surface area contributed by atoms with Crippen LogP contribution in [0.25, 0.3) is 21.8 Å². The number of benzene rings is 1. The SMILES string of the molecule is Cc1onc2c1c(=O)n(C1CCC(NC(=O)C(N)C3CCCCC3)C1)c1cccc(Cl)c21.Cl. The van der Waals surface area contributed by atoms with Crippen LogP contribution in [0.15, 0.2) is 27.5 Å². The Morgan fingerprint density at radius 3 is 2.73 bits per heavy atom. The van der Waals surface area contributed by atoms with Crippen molar-refractivity contribution in [3.63, 3.8) is 0 Å². The largest absolute Gasteiger partial charge is 0.360 e. The van der Waals surface area contributed by atoms with Gasteiger partial charge in [-0.3, -0.25) is 9.59 Å². The third kappa shape index (κ3) is 4.27. The minimum absolute atomic E-state index is 0. The second-order valence-electron chi connectivity index (χ2n) is 9.37. The molecule has 2 fully saturated rings. The van der Waals surface area contributed by atoms with Crippen LogP contribution in [-0.4, -0.2) is 27.7 Å². The smallest absolute Gasteiger partial charge is 0.264 e. The molecule has 0 spiro atoms. The lowest BCUT2D eigenvalue weighted by atomic mass is 9.84. The van der Waals surface area contributed by atoms with Gasteiger partial charge in [-0.05, 0) is 57.1 Å². The van der Waals surface area contributed by atoms with Crippen LogP contribution in [0.2, 0.25) is 5.02 Å². The quantitative estimate of drug-likeness (QED) is 0.551. The van der Waals surface area contributed by atoms with Crippen LogP contribution in [-0.2, 0) is 4.79 Å². The van der Waals surface area contributed by atoms with Crippen LogP contribution in [0, 0.1) is 12.8 Å². The molecule has 33 heavy (non-hydrogen) atoms. The van der Waals surface area contributed by atoms with E-state index >= 15 is 0 Å². The number of amides is 1. The Kier molecular flexibility index (Phi) is 7.03. The van der Waals surface area contributed by atoms with Gasteiger partial charge in [0.05, 0.1) is 16.6 Å². The minimum atomic E-state index is -0.451. The molecule has 2 aromatic heterocycles. The third-order valence-electron chi connectivity index (χ3n) is 7.36. The number of nitrogens with two attached hydrogens (primary N) is 1. The maximum Gasteiger partial charge on any atom is 0.264 e. The van der Waals surface area contributed by atoms with Gasteiger partial charge in [0, 0.05) is 17.5 Å². The number of aromatic nitrogens is 2. The van der Waals surface area contributed by atoms with Crippen LogP contribution < -0.4 is 16.6 Å². The molecule has 3 atom stereocenters. The highest BCUT2D eigenvalue weighted by molar-refractivity contribution is 6.37. The van der Waals surface area contributed by atoms with Crippen molar-refractivity contribution >= 4 is 51.7 Å². The number of fused-ring (bicyclic) bond motifs is 3. The minimum Gasteiger partial charge on any atom is -0.360 e. The maximum absolute atomic E-state index is 13.5. The molecule has 3 N–H and O–H groups in total. The summed E-state index contributed by atoms with van der Waals surface area (Å²) in [6, 6.07) is 5.05. The topological polar surface area (TPSA) is 103 Å². The summed E-state index contributed by atoms with van der Waals surface area (Å²) in [5.41, 5.74) is 7.43. The Hall–Kier alpha value is -2.09. The van der Waals surface area contributed by atoms with E-state index in [-0.39, 0.29) is 41.9 Å². The predicted molar refractivity (Wildman–Crippen MR) is 132 cm³/mol. The van der Waals surface area contributed by atoms with E-state index in [0.29, 0.717) is 28.1 Å². The summed E-state index contributed by atoms with van der Waals surface area (Å²) in [5, 5.41) is 9.01. The highest BCUT2D eigenvalue weighted by Crippen LogP contribution is 2.36. The second kappa shape index (κ2) is 9.65. The molecular formula is C24H30Cl2N4O3. The van der Waals surface area contributed by atoms with Crippen LogP contribution in [0.1, 0.15) is 63.2 Å². The number of aryl methyl sites for hydroxylation is 1. The van der Waals surface area contributed by atoms with Crippen LogP contribution >= 0.6 is 24.0 Å². The lowest BCUT2D eigenvalue weighted by molar-refractivity contribution is -0.124. The number of nitrogens with zero attached hydrogens (tertiary/aromatic N) is 2.